The summed E-state index contributed by atoms with van der Waals surface area (Å²) in [7, 11) is 1.74. The lowest BCUT2D eigenvalue weighted by molar-refractivity contribution is 0.0687. The van der Waals surface area contributed by atoms with Crippen LogP contribution in [-0.2, 0) is 17.7 Å². The molecule has 0 amide bonds. The Morgan fingerprint density at radius 2 is 1.92 bits per heavy atom. The number of hydroxylamine groups is 1. The molecule has 4 heteroatoms. The second-order valence-corrected chi connectivity index (χ2v) is 9.32. The first-order valence-corrected chi connectivity index (χ1v) is 13.2. The van der Waals surface area contributed by atoms with Gasteiger partial charge in [0.25, 0.3) is 0 Å². The Hall–Kier alpha value is -2.87. The lowest BCUT2D eigenvalue weighted by atomic mass is 9.94. The number of ether oxygens (including phenoxy) is 1. The van der Waals surface area contributed by atoms with Crippen molar-refractivity contribution in [3.05, 3.63) is 70.4 Å². The number of nitrogens with one attached hydrogen (secondary N) is 1. The number of benzene rings is 2. The molecule has 1 atom stereocenters. The van der Waals surface area contributed by atoms with Gasteiger partial charge >= 0.3 is 0 Å². The predicted octanol–water partition coefficient (Wildman–Crippen LogP) is 7.39. The first-order valence-electron chi connectivity index (χ1n) is 13.2. The summed E-state index contributed by atoms with van der Waals surface area (Å²) in [6.45, 7) is 15.2. The van der Waals surface area contributed by atoms with Gasteiger partial charge in [-0.2, -0.15) is 0 Å². The lowest BCUT2D eigenvalue weighted by Crippen LogP contribution is -2.13. The van der Waals surface area contributed by atoms with Crippen LogP contribution < -0.4 is 10.2 Å². The highest BCUT2D eigenvalue weighted by atomic mass is 16.6. The third-order valence-electron chi connectivity index (χ3n) is 6.23. The van der Waals surface area contributed by atoms with Gasteiger partial charge in [-0.05, 0) is 112 Å². The van der Waals surface area contributed by atoms with Crippen molar-refractivity contribution in [2.45, 2.75) is 80.3 Å². The average molecular weight is 489 g/mol. The second-order valence-electron chi connectivity index (χ2n) is 9.32. The van der Waals surface area contributed by atoms with Gasteiger partial charge in [0, 0.05) is 13.2 Å². The molecule has 0 heterocycles. The third-order valence-corrected chi connectivity index (χ3v) is 6.23. The highest BCUT2D eigenvalue weighted by Crippen LogP contribution is 2.30. The fourth-order valence-electron chi connectivity index (χ4n) is 4.33. The van der Waals surface area contributed by atoms with Gasteiger partial charge in [-0.1, -0.05) is 38.0 Å². The van der Waals surface area contributed by atoms with Crippen molar-refractivity contribution in [1.29, 1.82) is 0 Å². The van der Waals surface area contributed by atoms with E-state index in [0.717, 1.165) is 35.6 Å². The SMILES string of the molecule is CC#Cc1cc(C(=N/C=C(\C)c2cccc3c2CCC3)C(C)CC)ccc1OC(C)C.CCONC. The standard InChI is InChI=1S/C29H35NO.C3H9NO/c1-7-11-24-18-25(16-17-28(24)31-20(3)4)29(21(5)8-2)30-19-22(6)26-14-9-12-23-13-10-15-27(23)26;1-3-5-4-2/h9,12,14,16-21H,8,10,13,15H2,1-6H3;4H,3H2,1-2H3/b22-19+,30-29?;. The Labute approximate surface area is 219 Å². The molecular weight excluding hydrogens is 444 g/mol. The third kappa shape index (κ3) is 8.36. The van der Waals surface area contributed by atoms with Crippen LogP contribution in [-0.4, -0.2) is 25.5 Å². The number of aliphatic imine (C=N–C) groups is 1. The van der Waals surface area contributed by atoms with E-state index < -0.39 is 0 Å². The Morgan fingerprint density at radius 3 is 2.53 bits per heavy atom. The average Bonchev–Trinajstić information content (AvgIpc) is 3.35. The first-order chi connectivity index (χ1) is 17.4. The molecule has 2 aromatic carbocycles. The van der Waals surface area contributed by atoms with Crippen molar-refractivity contribution in [2.75, 3.05) is 13.7 Å². The molecule has 0 saturated heterocycles. The molecule has 3 rings (SSSR count). The quantitative estimate of drug-likeness (QED) is 0.227. The Morgan fingerprint density at radius 1 is 1.14 bits per heavy atom. The zero-order valence-electron chi connectivity index (χ0n) is 23.5. The van der Waals surface area contributed by atoms with Crippen molar-refractivity contribution in [1.82, 2.24) is 5.48 Å². The maximum atomic E-state index is 5.96. The second kappa shape index (κ2) is 15.3. The normalized spacial score (nSPS) is 13.9. The molecule has 194 valence electrons. The zero-order valence-corrected chi connectivity index (χ0v) is 23.5. The van der Waals surface area contributed by atoms with Crippen LogP contribution in [0.25, 0.3) is 5.57 Å². The molecule has 2 aromatic rings. The predicted molar refractivity (Wildman–Crippen MR) is 154 cm³/mol. The molecule has 0 fully saturated rings. The van der Waals surface area contributed by atoms with E-state index in [0.29, 0.717) is 5.92 Å². The highest BCUT2D eigenvalue weighted by molar-refractivity contribution is 6.03. The van der Waals surface area contributed by atoms with E-state index in [-0.39, 0.29) is 6.10 Å². The molecule has 1 aliphatic rings. The maximum Gasteiger partial charge on any atom is 0.135 e. The van der Waals surface area contributed by atoms with Crippen LogP contribution in [0.2, 0.25) is 0 Å². The number of hydrogen-bond donors (Lipinski definition) is 1. The minimum atomic E-state index is 0.115. The lowest BCUT2D eigenvalue weighted by Gasteiger charge is -2.16. The summed E-state index contributed by atoms with van der Waals surface area (Å²) < 4.78 is 5.96. The van der Waals surface area contributed by atoms with Crippen molar-refractivity contribution >= 4 is 11.3 Å². The molecule has 1 aliphatic carbocycles. The number of hydrogen-bond acceptors (Lipinski definition) is 4. The van der Waals surface area contributed by atoms with E-state index >= 15 is 0 Å². The topological polar surface area (TPSA) is 42.9 Å². The van der Waals surface area contributed by atoms with Gasteiger partial charge in [0.2, 0.25) is 0 Å². The fourth-order valence-corrected chi connectivity index (χ4v) is 4.33. The van der Waals surface area contributed by atoms with E-state index in [1.807, 2.05) is 33.8 Å². The molecule has 0 spiro atoms. The van der Waals surface area contributed by atoms with Crippen LogP contribution in [0.15, 0.2) is 47.6 Å². The molecule has 4 nitrogen and oxygen atoms in total. The van der Waals surface area contributed by atoms with Crippen LogP contribution in [0.5, 0.6) is 5.75 Å². The van der Waals surface area contributed by atoms with Crippen molar-refractivity contribution in [2.24, 2.45) is 10.9 Å². The molecule has 1 N–H and O–H groups in total. The Bertz CT molecular complexity index is 1100. The van der Waals surface area contributed by atoms with E-state index in [1.54, 1.807) is 7.05 Å². The fraction of sp³-hybridized carbons (Fsp3) is 0.469. The summed E-state index contributed by atoms with van der Waals surface area (Å²) >= 11 is 0. The number of allylic oxidation sites excluding steroid dienone is 1. The van der Waals surface area contributed by atoms with Crippen LogP contribution in [0, 0.1) is 17.8 Å². The van der Waals surface area contributed by atoms with Gasteiger partial charge in [-0.15, -0.1) is 5.92 Å². The largest absolute Gasteiger partial charge is 0.490 e. The number of aryl methyl sites for hydroxylation is 1. The van der Waals surface area contributed by atoms with E-state index in [9.17, 15) is 0 Å². The van der Waals surface area contributed by atoms with Crippen molar-refractivity contribution < 1.29 is 9.57 Å². The van der Waals surface area contributed by atoms with Crippen LogP contribution in [0.1, 0.15) is 89.1 Å². The van der Waals surface area contributed by atoms with Gasteiger partial charge in [0.05, 0.1) is 24.0 Å². The van der Waals surface area contributed by atoms with Crippen LogP contribution in [0.3, 0.4) is 0 Å². The van der Waals surface area contributed by atoms with E-state index in [1.165, 1.54) is 41.5 Å². The van der Waals surface area contributed by atoms with Crippen LogP contribution >= 0.6 is 0 Å². The minimum Gasteiger partial charge on any atom is -0.490 e. The van der Waals surface area contributed by atoms with Crippen molar-refractivity contribution in [3.8, 4) is 17.6 Å². The summed E-state index contributed by atoms with van der Waals surface area (Å²) in [4.78, 5) is 9.61. The maximum absolute atomic E-state index is 5.96. The molecular formula is C32H44N2O2. The zero-order chi connectivity index (χ0) is 26.5. The number of fused-ring (bicyclic) bond motifs is 1. The summed E-state index contributed by atoms with van der Waals surface area (Å²) in [6.07, 6.45) is 6.83. The molecule has 0 aliphatic heterocycles. The summed E-state index contributed by atoms with van der Waals surface area (Å²) in [5.74, 6) is 7.42. The summed E-state index contributed by atoms with van der Waals surface area (Å²) in [5.41, 5.74) is 11.2. The van der Waals surface area contributed by atoms with Crippen LogP contribution in [0.4, 0.5) is 0 Å². The highest BCUT2D eigenvalue weighted by Gasteiger charge is 2.16. The van der Waals surface area contributed by atoms with Gasteiger partial charge < -0.3 is 9.57 Å². The number of rotatable bonds is 9. The Kier molecular flexibility index (Phi) is 12.5. The smallest absolute Gasteiger partial charge is 0.135 e. The van der Waals surface area contributed by atoms with E-state index in [2.05, 4.69) is 79.5 Å². The van der Waals surface area contributed by atoms with Gasteiger partial charge in [0.1, 0.15) is 5.75 Å². The molecule has 36 heavy (non-hydrogen) atoms. The monoisotopic (exact) mass is 488 g/mol. The molecule has 1 unspecified atom stereocenters. The molecule has 0 bridgehead atoms. The minimum absolute atomic E-state index is 0.115. The van der Waals surface area contributed by atoms with Gasteiger partial charge in [-0.25, -0.2) is 5.48 Å². The van der Waals surface area contributed by atoms with Gasteiger partial charge in [0.15, 0.2) is 0 Å². The van der Waals surface area contributed by atoms with E-state index in [4.69, 9.17) is 9.73 Å². The molecule has 0 saturated carbocycles. The first kappa shape index (κ1) is 29.4. The van der Waals surface area contributed by atoms with Gasteiger partial charge in [-0.3, -0.25) is 4.99 Å². The molecule has 0 aromatic heterocycles. The molecule has 0 radical (unpaired) electrons. The van der Waals surface area contributed by atoms with Crippen molar-refractivity contribution in [3.63, 3.8) is 0 Å². The number of nitrogens with zero attached hydrogens (tertiary/aromatic N) is 1. The summed E-state index contributed by atoms with van der Waals surface area (Å²) in [6, 6.07) is 13.0. The summed E-state index contributed by atoms with van der Waals surface area (Å²) in [5, 5.41) is 0. The Balaban J connectivity index is 0.000000830.